The predicted molar refractivity (Wildman–Crippen MR) is 97.2 cm³/mol. The molecule has 0 aliphatic heterocycles. The van der Waals surface area contributed by atoms with E-state index < -0.39 is 0 Å². The highest BCUT2D eigenvalue weighted by Gasteiger charge is 2.15. The molecular formula is C14H25IN4S. The van der Waals surface area contributed by atoms with Gasteiger partial charge in [-0.3, -0.25) is 0 Å². The van der Waals surface area contributed by atoms with Crippen molar-refractivity contribution >= 4 is 41.3 Å². The highest BCUT2D eigenvalue weighted by atomic mass is 127. The standard InChI is InChI=1S/C14H24N4S.HI/c1-4-15-14(18-12-7-5-6-8-12)16-9-13-10(2)17-11(3)19-13;/h12H,4-9H2,1-3H3,(H2,15,16,18);1H. The van der Waals surface area contributed by atoms with E-state index in [-0.39, 0.29) is 24.0 Å². The number of halogens is 1. The van der Waals surface area contributed by atoms with Gasteiger partial charge in [-0.15, -0.1) is 35.3 Å². The van der Waals surface area contributed by atoms with E-state index >= 15 is 0 Å². The second-order valence-electron chi connectivity index (χ2n) is 5.06. The lowest BCUT2D eigenvalue weighted by Gasteiger charge is -2.16. The zero-order valence-corrected chi connectivity index (χ0v) is 15.7. The molecule has 6 heteroatoms. The van der Waals surface area contributed by atoms with Crippen molar-refractivity contribution in [3.63, 3.8) is 0 Å². The predicted octanol–water partition coefficient (Wildman–Crippen LogP) is 3.38. The van der Waals surface area contributed by atoms with Crippen molar-refractivity contribution in [3.05, 3.63) is 15.6 Å². The van der Waals surface area contributed by atoms with Gasteiger partial charge in [-0.05, 0) is 33.6 Å². The summed E-state index contributed by atoms with van der Waals surface area (Å²) in [6.45, 7) is 7.84. The van der Waals surface area contributed by atoms with Crippen LogP contribution in [0.3, 0.4) is 0 Å². The van der Waals surface area contributed by atoms with Gasteiger partial charge < -0.3 is 10.6 Å². The maximum Gasteiger partial charge on any atom is 0.191 e. The lowest BCUT2D eigenvalue weighted by atomic mass is 10.2. The second kappa shape index (κ2) is 8.81. The van der Waals surface area contributed by atoms with Gasteiger partial charge in [0.2, 0.25) is 0 Å². The van der Waals surface area contributed by atoms with Crippen LogP contribution in [0.5, 0.6) is 0 Å². The normalized spacial score (nSPS) is 16.1. The number of aliphatic imine (C=N–C) groups is 1. The first-order valence-corrected chi connectivity index (χ1v) is 7.98. The van der Waals surface area contributed by atoms with Crippen molar-refractivity contribution in [2.45, 2.75) is 59.0 Å². The number of nitrogens with one attached hydrogen (secondary N) is 2. The average Bonchev–Trinajstić information content (AvgIpc) is 2.97. The summed E-state index contributed by atoms with van der Waals surface area (Å²) >= 11 is 1.74. The molecule has 0 atom stereocenters. The van der Waals surface area contributed by atoms with Gasteiger partial charge in [0.1, 0.15) is 0 Å². The topological polar surface area (TPSA) is 49.3 Å². The van der Waals surface area contributed by atoms with Gasteiger partial charge in [0.15, 0.2) is 5.96 Å². The van der Waals surface area contributed by atoms with Crippen molar-refractivity contribution in [2.75, 3.05) is 6.54 Å². The largest absolute Gasteiger partial charge is 0.357 e. The van der Waals surface area contributed by atoms with Crippen LogP contribution in [0.15, 0.2) is 4.99 Å². The summed E-state index contributed by atoms with van der Waals surface area (Å²) < 4.78 is 0. The molecule has 1 fully saturated rings. The van der Waals surface area contributed by atoms with E-state index in [9.17, 15) is 0 Å². The fourth-order valence-electron chi connectivity index (χ4n) is 2.45. The summed E-state index contributed by atoms with van der Waals surface area (Å²) in [5.74, 6) is 0.944. The summed E-state index contributed by atoms with van der Waals surface area (Å²) in [7, 11) is 0. The molecule has 2 N–H and O–H groups in total. The van der Waals surface area contributed by atoms with Gasteiger partial charge in [-0.2, -0.15) is 0 Å². The first-order chi connectivity index (χ1) is 9.19. The molecule has 4 nitrogen and oxygen atoms in total. The number of aromatic nitrogens is 1. The summed E-state index contributed by atoms with van der Waals surface area (Å²) in [6.07, 6.45) is 5.21. The van der Waals surface area contributed by atoms with Crippen LogP contribution in [0, 0.1) is 13.8 Å². The Morgan fingerprint density at radius 1 is 1.35 bits per heavy atom. The van der Waals surface area contributed by atoms with Gasteiger partial charge in [0, 0.05) is 17.5 Å². The smallest absolute Gasteiger partial charge is 0.191 e. The van der Waals surface area contributed by atoms with Crippen LogP contribution >= 0.6 is 35.3 Å². The summed E-state index contributed by atoms with van der Waals surface area (Å²) in [5.41, 5.74) is 1.11. The van der Waals surface area contributed by atoms with Crippen molar-refractivity contribution in [3.8, 4) is 0 Å². The molecule has 1 saturated carbocycles. The van der Waals surface area contributed by atoms with E-state index in [2.05, 4.69) is 34.5 Å². The quantitative estimate of drug-likeness (QED) is 0.456. The Morgan fingerprint density at radius 3 is 2.60 bits per heavy atom. The molecule has 1 aromatic rings. The molecule has 1 heterocycles. The minimum Gasteiger partial charge on any atom is -0.357 e. The van der Waals surface area contributed by atoms with Gasteiger partial charge in [0.25, 0.3) is 0 Å². The van der Waals surface area contributed by atoms with E-state index in [4.69, 9.17) is 0 Å². The zero-order chi connectivity index (χ0) is 13.7. The van der Waals surface area contributed by atoms with Crippen LogP contribution in [0.2, 0.25) is 0 Å². The highest BCUT2D eigenvalue weighted by molar-refractivity contribution is 14.0. The number of aryl methyl sites for hydroxylation is 2. The molecule has 0 bridgehead atoms. The Hall–Kier alpha value is -0.370. The lowest BCUT2D eigenvalue weighted by Crippen LogP contribution is -2.42. The summed E-state index contributed by atoms with van der Waals surface area (Å²) in [5, 5.41) is 7.99. The first-order valence-electron chi connectivity index (χ1n) is 7.16. The van der Waals surface area contributed by atoms with Gasteiger partial charge in [-0.1, -0.05) is 12.8 Å². The maximum atomic E-state index is 4.69. The minimum absolute atomic E-state index is 0. The lowest BCUT2D eigenvalue weighted by molar-refractivity contribution is 0.614. The maximum absolute atomic E-state index is 4.69. The molecule has 2 rings (SSSR count). The molecule has 1 aliphatic carbocycles. The summed E-state index contributed by atoms with van der Waals surface area (Å²) in [4.78, 5) is 10.4. The number of hydrogen-bond acceptors (Lipinski definition) is 3. The molecule has 20 heavy (non-hydrogen) atoms. The molecule has 0 saturated heterocycles. The fraction of sp³-hybridized carbons (Fsp3) is 0.714. The van der Waals surface area contributed by atoms with Crippen molar-refractivity contribution in [1.82, 2.24) is 15.6 Å². The molecule has 1 aliphatic rings. The highest BCUT2D eigenvalue weighted by Crippen LogP contribution is 2.19. The number of nitrogens with zero attached hydrogens (tertiary/aromatic N) is 2. The average molecular weight is 408 g/mol. The third-order valence-corrected chi connectivity index (χ3v) is 4.48. The third kappa shape index (κ3) is 5.20. The molecule has 0 aromatic carbocycles. The molecule has 0 unspecified atom stereocenters. The van der Waals surface area contributed by atoms with E-state index in [1.807, 2.05) is 6.92 Å². The Bertz CT molecular complexity index is 438. The third-order valence-electron chi connectivity index (χ3n) is 3.42. The second-order valence-corrected chi connectivity index (χ2v) is 6.35. The van der Waals surface area contributed by atoms with E-state index in [0.29, 0.717) is 6.04 Å². The Labute approximate surface area is 142 Å². The van der Waals surface area contributed by atoms with E-state index in [1.165, 1.54) is 30.6 Å². The molecule has 0 spiro atoms. The molecule has 0 radical (unpaired) electrons. The monoisotopic (exact) mass is 408 g/mol. The van der Waals surface area contributed by atoms with Crippen LogP contribution in [0.4, 0.5) is 0 Å². The van der Waals surface area contributed by atoms with Gasteiger partial charge in [0.05, 0.1) is 17.2 Å². The van der Waals surface area contributed by atoms with Crippen LogP contribution in [-0.4, -0.2) is 23.5 Å². The van der Waals surface area contributed by atoms with Crippen LogP contribution in [-0.2, 0) is 6.54 Å². The van der Waals surface area contributed by atoms with E-state index in [0.717, 1.165) is 29.8 Å². The van der Waals surface area contributed by atoms with Crippen LogP contribution < -0.4 is 10.6 Å². The molecule has 0 amide bonds. The SMILES string of the molecule is CCNC(=NCc1sc(C)nc1C)NC1CCCC1.I. The van der Waals surface area contributed by atoms with Gasteiger partial charge in [-0.25, -0.2) is 9.98 Å². The van der Waals surface area contributed by atoms with Crippen molar-refractivity contribution < 1.29 is 0 Å². The molecule has 114 valence electrons. The Kier molecular flexibility index (Phi) is 7.79. The zero-order valence-electron chi connectivity index (χ0n) is 12.5. The molecular weight excluding hydrogens is 383 g/mol. The van der Waals surface area contributed by atoms with Gasteiger partial charge >= 0.3 is 0 Å². The summed E-state index contributed by atoms with van der Waals surface area (Å²) in [6, 6.07) is 0.599. The number of guanidine groups is 1. The fourth-order valence-corrected chi connectivity index (χ4v) is 3.32. The first kappa shape index (κ1) is 17.7. The molecule has 1 aromatic heterocycles. The van der Waals surface area contributed by atoms with E-state index in [1.54, 1.807) is 11.3 Å². The number of rotatable bonds is 4. The van der Waals surface area contributed by atoms with Crippen LogP contribution in [0.1, 0.15) is 48.2 Å². The van der Waals surface area contributed by atoms with Crippen molar-refractivity contribution in [2.24, 2.45) is 4.99 Å². The Morgan fingerprint density at radius 2 is 2.05 bits per heavy atom. The minimum atomic E-state index is 0. The number of thiazole rings is 1. The number of hydrogen-bond donors (Lipinski definition) is 2. The Balaban J connectivity index is 0.00000200. The van der Waals surface area contributed by atoms with Crippen LogP contribution in [0.25, 0.3) is 0 Å². The van der Waals surface area contributed by atoms with Crippen molar-refractivity contribution in [1.29, 1.82) is 0 Å².